The highest BCUT2D eigenvalue weighted by Gasteiger charge is 2.14. The monoisotopic (exact) mass is 304 g/mol. The lowest BCUT2D eigenvalue weighted by atomic mass is 10.3. The van der Waals surface area contributed by atoms with Crippen LogP contribution in [0.4, 0.5) is 8.78 Å². The van der Waals surface area contributed by atoms with Gasteiger partial charge in [-0.05, 0) is 25.1 Å². The third-order valence-electron chi connectivity index (χ3n) is 2.76. The van der Waals surface area contributed by atoms with Crippen molar-refractivity contribution in [3.63, 3.8) is 0 Å². The average molecular weight is 304 g/mol. The fourth-order valence-corrected chi connectivity index (χ4v) is 2.67. The van der Waals surface area contributed by atoms with Crippen LogP contribution >= 0.6 is 0 Å². The zero-order valence-corrected chi connectivity index (χ0v) is 12.1. The summed E-state index contributed by atoms with van der Waals surface area (Å²) in [5.74, 6) is -1.74. The van der Waals surface area contributed by atoms with Crippen molar-refractivity contribution in [1.29, 1.82) is 0 Å². The van der Waals surface area contributed by atoms with Crippen LogP contribution in [0.15, 0.2) is 23.1 Å². The van der Waals surface area contributed by atoms with Gasteiger partial charge < -0.3 is 10.6 Å². The van der Waals surface area contributed by atoms with E-state index in [1.807, 2.05) is 0 Å². The summed E-state index contributed by atoms with van der Waals surface area (Å²) in [6.45, 7) is 1.03. The first-order valence-corrected chi connectivity index (χ1v) is 7.55. The fraction of sp³-hybridized carbons (Fsp3) is 0.462. The Morgan fingerprint density at radius 3 is 2.70 bits per heavy atom. The number of amides is 1. The summed E-state index contributed by atoms with van der Waals surface area (Å²) in [6.07, 6.45) is 0.739. The van der Waals surface area contributed by atoms with Crippen LogP contribution in [-0.2, 0) is 15.6 Å². The molecule has 0 saturated heterocycles. The number of carbonyl (C=O) groups excluding carboxylic acids is 1. The van der Waals surface area contributed by atoms with Crippen LogP contribution in [0.3, 0.4) is 0 Å². The first-order chi connectivity index (χ1) is 9.45. The van der Waals surface area contributed by atoms with Gasteiger partial charge in [-0.2, -0.15) is 0 Å². The van der Waals surface area contributed by atoms with E-state index in [0.717, 1.165) is 12.1 Å². The molecule has 0 fully saturated rings. The van der Waals surface area contributed by atoms with E-state index in [-0.39, 0.29) is 23.0 Å². The van der Waals surface area contributed by atoms with Crippen molar-refractivity contribution in [2.24, 2.45) is 5.73 Å². The standard InChI is InChI=1S/C13H18F2N2O2S/c1-17(7-2-6-16)13(18)5-8-20(19)12-4-3-10(14)9-11(12)15/h3-4,9H,2,5-8,16H2,1H3. The Bertz CT molecular complexity index is 497. The number of hydrogen-bond acceptors (Lipinski definition) is 3. The molecule has 0 aromatic heterocycles. The molecule has 20 heavy (non-hydrogen) atoms. The Morgan fingerprint density at radius 2 is 2.10 bits per heavy atom. The van der Waals surface area contributed by atoms with Gasteiger partial charge in [-0.25, -0.2) is 8.78 Å². The van der Waals surface area contributed by atoms with Gasteiger partial charge in [-0.3, -0.25) is 9.00 Å². The van der Waals surface area contributed by atoms with Crippen molar-refractivity contribution >= 4 is 16.7 Å². The SMILES string of the molecule is CN(CCCN)C(=O)CCS(=O)c1ccc(F)cc1F. The van der Waals surface area contributed by atoms with Gasteiger partial charge in [0, 0.05) is 31.8 Å². The molecule has 4 nitrogen and oxygen atoms in total. The molecule has 0 aliphatic rings. The van der Waals surface area contributed by atoms with Crippen LogP contribution in [0.2, 0.25) is 0 Å². The second-order valence-corrected chi connectivity index (χ2v) is 5.87. The lowest BCUT2D eigenvalue weighted by Crippen LogP contribution is -2.29. The summed E-state index contributed by atoms with van der Waals surface area (Å²) < 4.78 is 38.0. The average Bonchev–Trinajstić information content (AvgIpc) is 2.41. The van der Waals surface area contributed by atoms with Gasteiger partial charge in [0.05, 0.1) is 15.7 Å². The van der Waals surface area contributed by atoms with Crippen LogP contribution in [0, 0.1) is 11.6 Å². The zero-order chi connectivity index (χ0) is 15.1. The Morgan fingerprint density at radius 1 is 1.40 bits per heavy atom. The van der Waals surface area contributed by atoms with Crippen molar-refractivity contribution in [2.45, 2.75) is 17.7 Å². The summed E-state index contributed by atoms with van der Waals surface area (Å²) in [6, 6.07) is 2.87. The van der Waals surface area contributed by atoms with E-state index in [2.05, 4.69) is 0 Å². The fourth-order valence-electron chi connectivity index (χ4n) is 1.59. The maximum Gasteiger partial charge on any atom is 0.223 e. The van der Waals surface area contributed by atoms with E-state index < -0.39 is 22.4 Å². The lowest BCUT2D eigenvalue weighted by Gasteiger charge is -2.16. The molecule has 7 heteroatoms. The number of nitrogens with zero attached hydrogens (tertiary/aromatic N) is 1. The Labute approximate surface area is 119 Å². The largest absolute Gasteiger partial charge is 0.346 e. The third kappa shape index (κ3) is 4.97. The van der Waals surface area contributed by atoms with E-state index in [1.54, 1.807) is 7.05 Å². The minimum atomic E-state index is -1.66. The van der Waals surface area contributed by atoms with Gasteiger partial charge in [0.25, 0.3) is 0 Å². The summed E-state index contributed by atoms with van der Waals surface area (Å²) >= 11 is 0. The minimum absolute atomic E-state index is 0.00828. The zero-order valence-electron chi connectivity index (χ0n) is 11.3. The molecule has 0 aliphatic heterocycles. The molecule has 0 saturated carbocycles. The molecule has 1 amide bonds. The summed E-state index contributed by atoms with van der Waals surface area (Å²) in [7, 11) is -0.0217. The number of nitrogens with two attached hydrogens (primary N) is 1. The van der Waals surface area contributed by atoms with Crippen molar-refractivity contribution in [1.82, 2.24) is 4.90 Å². The van der Waals surface area contributed by atoms with Crippen LogP contribution in [-0.4, -0.2) is 40.9 Å². The van der Waals surface area contributed by atoms with Crippen LogP contribution in [0.5, 0.6) is 0 Å². The second kappa shape index (κ2) is 8.06. The Hall–Kier alpha value is -1.34. The first-order valence-electron chi connectivity index (χ1n) is 6.23. The molecule has 0 heterocycles. The number of benzene rings is 1. The molecule has 0 radical (unpaired) electrons. The summed E-state index contributed by atoms with van der Waals surface area (Å²) in [4.78, 5) is 13.1. The first kappa shape index (κ1) is 16.7. The van der Waals surface area contributed by atoms with E-state index in [0.29, 0.717) is 25.6 Å². The predicted octanol–water partition coefficient (Wildman–Crippen LogP) is 1.27. The van der Waals surface area contributed by atoms with Gasteiger partial charge in [-0.1, -0.05) is 0 Å². The maximum atomic E-state index is 13.4. The van der Waals surface area contributed by atoms with Crippen molar-refractivity contribution < 1.29 is 17.8 Å². The molecule has 112 valence electrons. The molecule has 1 aromatic rings. The second-order valence-electron chi connectivity index (χ2n) is 4.33. The third-order valence-corrected chi connectivity index (χ3v) is 4.16. The predicted molar refractivity (Wildman–Crippen MR) is 73.6 cm³/mol. The van der Waals surface area contributed by atoms with Gasteiger partial charge in [-0.15, -0.1) is 0 Å². The molecule has 1 aromatic carbocycles. The molecule has 0 spiro atoms. The molecular formula is C13H18F2N2O2S. The van der Waals surface area contributed by atoms with Gasteiger partial charge >= 0.3 is 0 Å². The highest BCUT2D eigenvalue weighted by atomic mass is 32.2. The smallest absolute Gasteiger partial charge is 0.223 e. The normalized spacial score (nSPS) is 12.2. The number of rotatable bonds is 7. The topological polar surface area (TPSA) is 63.4 Å². The van der Waals surface area contributed by atoms with Crippen LogP contribution in [0.1, 0.15) is 12.8 Å². The Balaban J connectivity index is 2.52. The molecular weight excluding hydrogens is 286 g/mol. The van der Waals surface area contributed by atoms with Crippen LogP contribution < -0.4 is 5.73 Å². The number of halogens is 2. The molecule has 1 unspecified atom stereocenters. The lowest BCUT2D eigenvalue weighted by molar-refractivity contribution is -0.129. The van der Waals surface area contributed by atoms with E-state index in [4.69, 9.17) is 5.73 Å². The Kier molecular flexibility index (Phi) is 6.74. The van der Waals surface area contributed by atoms with Gasteiger partial charge in [0.15, 0.2) is 0 Å². The van der Waals surface area contributed by atoms with E-state index in [1.165, 1.54) is 4.90 Å². The number of hydrogen-bond donors (Lipinski definition) is 1. The maximum absolute atomic E-state index is 13.4. The molecule has 1 atom stereocenters. The highest BCUT2D eigenvalue weighted by Crippen LogP contribution is 2.14. The summed E-state index contributed by atoms with van der Waals surface area (Å²) in [5.41, 5.74) is 5.35. The van der Waals surface area contributed by atoms with Crippen molar-refractivity contribution in [3.8, 4) is 0 Å². The van der Waals surface area contributed by atoms with Crippen molar-refractivity contribution in [2.75, 3.05) is 25.9 Å². The quantitative estimate of drug-likeness (QED) is 0.825. The minimum Gasteiger partial charge on any atom is -0.346 e. The van der Waals surface area contributed by atoms with Crippen molar-refractivity contribution in [3.05, 3.63) is 29.8 Å². The van der Waals surface area contributed by atoms with E-state index in [9.17, 15) is 17.8 Å². The molecule has 1 rings (SSSR count). The van der Waals surface area contributed by atoms with E-state index >= 15 is 0 Å². The molecule has 0 bridgehead atoms. The highest BCUT2D eigenvalue weighted by molar-refractivity contribution is 7.85. The number of carbonyl (C=O) groups is 1. The summed E-state index contributed by atoms with van der Waals surface area (Å²) in [5, 5.41) is 0. The van der Waals surface area contributed by atoms with Gasteiger partial charge in [0.1, 0.15) is 11.6 Å². The molecule has 0 aliphatic carbocycles. The molecule has 2 N–H and O–H groups in total. The van der Waals surface area contributed by atoms with Crippen LogP contribution in [0.25, 0.3) is 0 Å². The van der Waals surface area contributed by atoms with Gasteiger partial charge in [0.2, 0.25) is 5.91 Å².